The van der Waals surface area contributed by atoms with Crippen LogP contribution in [0.1, 0.15) is 26.3 Å². The fraction of sp³-hybridized carbons (Fsp3) is 0.0500. The summed E-state index contributed by atoms with van der Waals surface area (Å²) < 4.78 is 5.78. The number of aromatic amines is 1. The third-order valence-corrected chi connectivity index (χ3v) is 4.39. The van der Waals surface area contributed by atoms with Gasteiger partial charge in [0.1, 0.15) is 29.3 Å². The molecule has 29 heavy (non-hydrogen) atoms. The highest BCUT2D eigenvalue weighted by molar-refractivity contribution is 6.30. The second-order valence-electron chi connectivity index (χ2n) is 6.01. The number of hydrogen-bond donors (Lipinski definition) is 4. The highest BCUT2D eigenvalue weighted by Crippen LogP contribution is 2.36. The number of halogens is 1. The summed E-state index contributed by atoms with van der Waals surface area (Å²) in [4.78, 5) is 37.8. The van der Waals surface area contributed by atoms with Gasteiger partial charge in [-0.05, 0) is 23.8 Å². The van der Waals surface area contributed by atoms with Crippen molar-refractivity contribution in [2.75, 3.05) is 5.73 Å². The van der Waals surface area contributed by atoms with E-state index >= 15 is 0 Å². The Bertz CT molecular complexity index is 1150. The van der Waals surface area contributed by atoms with Crippen LogP contribution in [0.4, 0.5) is 5.82 Å². The molecule has 0 saturated carbocycles. The quantitative estimate of drug-likeness (QED) is 0.484. The van der Waals surface area contributed by atoms with Crippen LogP contribution in [0.25, 0.3) is 11.1 Å². The van der Waals surface area contributed by atoms with E-state index in [9.17, 15) is 24.6 Å². The number of nitrogen functional groups attached to an aromatic ring is 1. The van der Waals surface area contributed by atoms with E-state index in [2.05, 4.69) is 4.98 Å². The molecule has 1 aromatic heterocycles. The van der Waals surface area contributed by atoms with E-state index in [4.69, 9.17) is 22.1 Å². The van der Waals surface area contributed by atoms with Crippen LogP contribution >= 0.6 is 11.6 Å². The van der Waals surface area contributed by atoms with Gasteiger partial charge in [0.25, 0.3) is 5.56 Å². The van der Waals surface area contributed by atoms with Crippen molar-refractivity contribution in [2.24, 2.45) is 0 Å². The van der Waals surface area contributed by atoms with Crippen LogP contribution in [-0.2, 0) is 6.61 Å². The van der Waals surface area contributed by atoms with Crippen molar-refractivity contribution in [1.82, 2.24) is 4.98 Å². The second-order valence-corrected chi connectivity index (χ2v) is 6.45. The molecule has 3 rings (SSSR count). The lowest BCUT2D eigenvalue weighted by molar-refractivity contribution is 0.0695. The summed E-state index contributed by atoms with van der Waals surface area (Å²) in [5.41, 5.74) is 3.99. The first-order valence-corrected chi connectivity index (χ1v) is 8.66. The molecule has 0 aliphatic rings. The Morgan fingerprint density at radius 2 is 1.62 bits per heavy atom. The summed E-state index contributed by atoms with van der Waals surface area (Å²) in [5.74, 6) is -3.33. The number of carboxylic acids is 2. The third-order valence-electron chi connectivity index (χ3n) is 4.14. The maximum Gasteiger partial charge on any atom is 0.342 e. The minimum Gasteiger partial charge on any atom is -0.488 e. The Labute approximate surface area is 169 Å². The van der Waals surface area contributed by atoms with E-state index in [1.807, 2.05) is 0 Å². The number of carboxylic acid groups (broad SMARTS) is 2. The first kappa shape index (κ1) is 20.0. The number of hydrogen-bond acceptors (Lipinski definition) is 5. The van der Waals surface area contributed by atoms with Crippen molar-refractivity contribution in [2.45, 2.75) is 6.61 Å². The number of H-pyrrole nitrogens is 1. The summed E-state index contributed by atoms with van der Waals surface area (Å²) in [5, 5.41) is 19.7. The monoisotopic (exact) mass is 414 g/mol. The predicted molar refractivity (Wildman–Crippen MR) is 107 cm³/mol. The summed E-state index contributed by atoms with van der Waals surface area (Å²) in [6.07, 6.45) is 0. The lowest BCUT2D eigenvalue weighted by atomic mass is 9.94. The molecule has 0 unspecified atom stereocenters. The van der Waals surface area contributed by atoms with Crippen LogP contribution in [0.5, 0.6) is 5.75 Å². The SMILES string of the molecule is Nc1[nH]c(=O)c(C(=O)O)c(-c2ccccc2OCc2ccc(Cl)cc2)c1C(=O)O. The van der Waals surface area contributed by atoms with E-state index in [0.29, 0.717) is 5.02 Å². The molecule has 0 bridgehead atoms. The van der Waals surface area contributed by atoms with Crippen molar-refractivity contribution in [3.8, 4) is 16.9 Å². The maximum absolute atomic E-state index is 12.2. The Kier molecular flexibility index (Phi) is 5.56. The molecule has 0 atom stereocenters. The van der Waals surface area contributed by atoms with Gasteiger partial charge in [-0.15, -0.1) is 0 Å². The highest BCUT2D eigenvalue weighted by Gasteiger charge is 2.28. The molecule has 0 spiro atoms. The largest absolute Gasteiger partial charge is 0.488 e. The zero-order valence-corrected chi connectivity index (χ0v) is 15.6. The number of nitrogens with one attached hydrogen (secondary N) is 1. The van der Waals surface area contributed by atoms with Crippen LogP contribution in [0.3, 0.4) is 0 Å². The topological polar surface area (TPSA) is 143 Å². The number of anilines is 1. The van der Waals surface area contributed by atoms with Crippen molar-refractivity contribution in [3.05, 3.63) is 80.6 Å². The van der Waals surface area contributed by atoms with Gasteiger partial charge in [0.15, 0.2) is 0 Å². The number of pyridine rings is 1. The molecule has 9 heteroatoms. The zero-order chi connectivity index (χ0) is 21.1. The molecule has 148 valence electrons. The summed E-state index contributed by atoms with van der Waals surface area (Å²) in [6.45, 7) is 0.109. The van der Waals surface area contributed by atoms with E-state index < -0.39 is 34.4 Å². The fourth-order valence-corrected chi connectivity index (χ4v) is 2.98. The minimum atomic E-state index is -1.59. The van der Waals surface area contributed by atoms with E-state index in [-0.39, 0.29) is 23.5 Å². The molecule has 8 nitrogen and oxygen atoms in total. The van der Waals surface area contributed by atoms with Gasteiger partial charge in [0.05, 0.1) is 0 Å². The third kappa shape index (κ3) is 4.07. The molecular weight excluding hydrogens is 400 g/mol. The number of nitrogens with two attached hydrogens (primary N) is 1. The lowest BCUT2D eigenvalue weighted by Crippen LogP contribution is -2.24. The van der Waals surface area contributed by atoms with Crippen LogP contribution in [0, 0.1) is 0 Å². The lowest BCUT2D eigenvalue weighted by Gasteiger charge is -2.16. The van der Waals surface area contributed by atoms with Gasteiger partial charge in [0, 0.05) is 16.1 Å². The van der Waals surface area contributed by atoms with E-state index in [1.54, 1.807) is 42.5 Å². The zero-order valence-electron chi connectivity index (χ0n) is 14.8. The van der Waals surface area contributed by atoms with Gasteiger partial charge in [-0.1, -0.05) is 41.9 Å². The van der Waals surface area contributed by atoms with Crippen molar-refractivity contribution < 1.29 is 24.5 Å². The Morgan fingerprint density at radius 3 is 2.24 bits per heavy atom. The molecule has 0 aliphatic heterocycles. The standard InChI is InChI=1S/C20H15ClN2O6/c21-11-7-5-10(6-8-11)9-29-13-4-2-1-3-12(13)14-15(19(25)26)17(22)23-18(24)16(14)20(27)28/h1-8H,9H2,(H,25,26)(H,27,28)(H3,22,23,24). The van der Waals surface area contributed by atoms with E-state index in [0.717, 1.165) is 5.56 Å². The van der Waals surface area contributed by atoms with Gasteiger partial charge >= 0.3 is 11.9 Å². The van der Waals surface area contributed by atoms with Gasteiger partial charge in [-0.2, -0.15) is 0 Å². The summed E-state index contributed by atoms with van der Waals surface area (Å²) in [7, 11) is 0. The summed E-state index contributed by atoms with van der Waals surface area (Å²) >= 11 is 5.86. The molecular formula is C20H15ClN2O6. The van der Waals surface area contributed by atoms with Crippen LogP contribution in [0.2, 0.25) is 5.02 Å². The van der Waals surface area contributed by atoms with Crippen molar-refractivity contribution >= 4 is 29.4 Å². The fourth-order valence-electron chi connectivity index (χ4n) is 2.86. The van der Waals surface area contributed by atoms with E-state index in [1.165, 1.54) is 6.07 Å². The van der Waals surface area contributed by atoms with Crippen LogP contribution in [0.15, 0.2) is 53.3 Å². The molecule has 2 aromatic carbocycles. The average Bonchev–Trinajstić information content (AvgIpc) is 2.66. The minimum absolute atomic E-state index is 0.109. The normalized spacial score (nSPS) is 10.5. The van der Waals surface area contributed by atoms with Crippen molar-refractivity contribution in [1.29, 1.82) is 0 Å². The number of para-hydroxylation sites is 1. The van der Waals surface area contributed by atoms with Crippen LogP contribution < -0.4 is 16.0 Å². The first-order chi connectivity index (χ1) is 13.8. The Hall–Kier alpha value is -3.78. The van der Waals surface area contributed by atoms with Crippen LogP contribution in [-0.4, -0.2) is 27.1 Å². The number of aromatic nitrogens is 1. The Balaban J connectivity index is 2.16. The molecule has 0 radical (unpaired) electrons. The number of rotatable bonds is 6. The maximum atomic E-state index is 12.2. The molecule has 3 aromatic rings. The highest BCUT2D eigenvalue weighted by atomic mass is 35.5. The first-order valence-electron chi connectivity index (χ1n) is 8.28. The second kappa shape index (κ2) is 8.07. The molecule has 5 N–H and O–H groups in total. The van der Waals surface area contributed by atoms with Crippen molar-refractivity contribution in [3.63, 3.8) is 0 Å². The Morgan fingerprint density at radius 1 is 1.00 bits per heavy atom. The predicted octanol–water partition coefficient (Wildman–Crippen LogP) is 3.25. The molecule has 0 amide bonds. The molecule has 0 aliphatic carbocycles. The van der Waals surface area contributed by atoms with Gasteiger partial charge in [-0.3, -0.25) is 4.79 Å². The number of ether oxygens (including phenoxy) is 1. The average molecular weight is 415 g/mol. The molecule has 1 heterocycles. The smallest absolute Gasteiger partial charge is 0.342 e. The number of carbonyl (C=O) groups is 2. The number of benzene rings is 2. The van der Waals surface area contributed by atoms with Gasteiger partial charge < -0.3 is 25.7 Å². The van der Waals surface area contributed by atoms with Gasteiger partial charge in [0.2, 0.25) is 0 Å². The number of aromatic carboxylic acids is 2. The molecule has 0 saturated heterocycles. The molecule has 0 fully saturated rings. The van der Waals surface area contributed by atoms with Gasteiger partial charge in [-0.25, -0.2) is 9.59 Å². The summed E-state index contributed by atoms with van der Waals surface area (Å²) in [6, 6.07) is 13.1.